The molecule has 2 atom stereocenters. The lowest BCUT2D eigenvalue weighted by molar-refractivity contribution is -0.0893. The lowest BCUT2D eigenvalue weighted by Gasteiger charge is -2.47. The maximum absolute atomic E-state index is 14.0. The van der Waals surface area contributed by atoms with Crippen LogP contribution in [0.1, 0.15) is 52.0 Å². The molecule has 1 fully saturated rings. The minimum absolute atomic E-state index is 0.0259. The van der Waals surface area contributed by atoms with E-state index in [0.717, 1.165) is 25.7 Å². The average Bonchev–Trinajstić information content (AvgIpc) is 2.32. The van der Waals surface area contributed by atoms with Crippen LogP contribution in [0.3, 0.4) is 0 Å². The maximum Gasteiger partial charge on any atom is 0.127 e. The number of hydrogen-bond acceptors (Lipinski definition) is 1. The molecule has 2 unspecified atom stereocenters. The third-order valence-corrected chi connectivity index (χ3v) is 4.79. The molecule has 0 aliphatic heterocycles. The van der Waals surface area contributed by atoms with E-state index < -0.39 is 5.60 Å². The molecule has 0 spiro atoms. The molecule has 0 heterocycles. The van der Waals surface area contributed by atoms with Gasteiger partial charge in [-0.1, -0.05) is 51.3 Å². The second-order valence-corrected chi connectivity index (χ2v) is 7.62. The van der Waals surface area contributed by atoms with Gasteiger partial charge >= 0.3 is 0 Å². The molecule has 0 amide bonds. The summed E-state index contributed by atoms with van der Waals surface area (Å²) in [5.41, 5.74) is -0.225. The third-order valence-electron chi connectivity index (χ3n) is 4.56. The van der Waals surface area contributed by atoms with Crippen molar-refractivity contribution < 1.29 is 9.50 Å². The lowest BCUT2D eigenvalue weighted by Crippen LogP contribution is -2.48. The summed E-state index contributed by atoms with van der Waals surface area (Å²) in [5, 5.41) is 11.5. The van der Waals surface area contributed by atoms with E-state index in [1.165, 1.54) is 6.07 Å². The van der Waals surface area contributed by atoms with E-state index in [9.17, 15) is 9.50 Å². The third kappa shape index (κ3) is 3.35. The van der Waals surface area contributed by atoms with Gasteiger partial charge in [0.25, 0.3) is 0 Å². The van der Waals surface area contributed by atoms with Crippen molar-refractivity contribution in [2.45, 2.75) is 58.5 Å². The topological polar surface area (TPSA) is 20.2 Å². The molecule has 1 N–H and O–H groups in total. The maximum atomic E-state index is 14.0. The Morgan fingerprint density at radius 2 is 2.05 bits per heavy atom. The largest absolute Gasteiger partial charge is 0.389 e. The van der Waals surface area contributed by atoms with Crippen molar-refractivity contribution in [3.8, 4) is 0 Å². The van der Waals surface area contributed by atoms with Crippen molar-refractivity contribution in [3.05, 3.63) is 34.6 Å². The molecule has 0 saturated heterocycles. The zero-order chi connectivity index (χ0) is 15.0. The van der Waals surface area contributed by atoms with Gasteiger partial charge in [-0.05, 0) is 41.9 Å². The van der Waals surface area contributed by atoms with Crippen LogP contribution in [0.15, 0.2) is 18.2 Å². The fraction of sp³-hybridized carbons (Fsp3) is 0.647. The molecule has 1 aromatic carbocycles. The highest BCUT2D eigenvalue weighted by Crippen LogP contribution is 2.46. The molecule has 1 saturated carbocycles. The van der Waals surface area contributed by atoms with Crippen molar-refractivity contribution in [3.63, 3.8) is 0 Å². The summed E-state index contributed by atoms with van der Waals surface area (Å²) in [6.45, 7) is 6.48. The number of rotatable bonds is 2. The minimum atomic E-state index is -0.814. The summed E-state index contributed by atoms with van der Waals surface area (Å²) < 4.78 is 14.0. The molecule has 2 rings (SSSR count). The molecule has 3 heteroatoms. The predicted octanol–water partition coefficient (Wildman–Crippen LogP) is 4.99. The summed E-state index contributed by atoms with van der Waals surface area (Å²) in [5.74, 6) is -0.122. The molecule has 0 aromatic heterocycles. The van der Waals surface area contributed by atoms with E-state index in [-0.39, 0.29) is 17.2 Å². The van der Waals surface area contributed by atoms with Crippen LogP contribution >= 0.6 is 11.6 Å². The molecule has 1 aliphatic carbocycles. The van der Waals surface area contributed by atoms with Gasteiger partial charge in [0.15, 0.2) is 0 Å². The second kappa shape index (κ2) is 5.65. The quantitative estimate of drug-likeness (QED) is 0.815. The Bertz CT molecular complexity index is 480. The van der Waals surface area contributed by atoms with Gasteiger partial charge in [0.05, 0.1) is 5.60 Å². The summed E-state index contributed by atoms with van der Waals surface area (Å²) in [6.07, 6.45) is 4.29. The van der Waals surface area contributed by atoms with Gasteiger partial charge in [0, 0.05) is 11.4 Å². The van der Waals surface area contributed by atoms with Gasteiger partial charge in [-0.2, -0.15) is 0 Å². The highest BCUT2D eigenvalue weighted by molar-refractivity contribution is 6.30. The predicted molar refractivity (Wildman–Crippen MR) is 81.5 cm³/mol. The van der Waals surface area contributed by atoms with Crippen LogP contribution in [0.25, 0.3) is 0 Å². The van der Waals surface area contributed by atoms with E-state index in [1.807, 2.05) is 0 Å². The lowest BCUT2D eigenvalue weighted by atomic mass is 9.62. The first-order chi connectivity index (χ1) is 9.22. The first-order valence-corrected chi connectivity index (χ1v) is 7.76. The zero-order valence-electron chi connectivity index (χ0n) is 12.5. The van der Waals surface area contributed by atoms with Crippen molar-refractivity contribution in [1.29, 1.82) is 0 Å². The van der Waals surface area contributed by atoms with Gasteiger partial charge in [-0.15, -0.1) is 0 Å². The van der Waals surface area contributed by atoms with E-state index in [2.05, 4.69) is 20.8 Å². The van der Waals surface area contributed by atoms with Crippen molar-refractivity contribution in [2.75, 3.05) is 0 Å². The summed E-state index contributed by atoms with van der Waals surface area (Å²) in [6, 6.07) is 4.72. The highest BCUT2D eigenvalue weighted by atomic mass is 35.5. The Kier molecular flexibility index (Phi) is 4.46. The standard InChI is InChI=1S/C17H24ClFO/c1-16(2,3)15-6-4-5-9-17(15,20)11-12-7-8-13(18)10-14(12)19/h7-8,10,15,20H,4-6,9,11H2,1-3H3. The van der Waals surface area contributed by atoms with Crippen molar-refractivity contribution in [2.24, 2.45) is 11.3 Å². The molecular weight excluding hydrogens is 275 g/mol. The first-order valence-electron chi connectivity index (χ1n) is 7.39. The molecule has 0 bridgehead atoms. The number of halogens is 2. The molecule has 1 aliphatic rings. The zero-order valence-corrected chi connectivity index (χ0v) is 13.3. The normalized spacial score (nSPS) is 27.6. The minimum Gasteiger partial charge on any atom is -0.389 e. The Labute approximate surface area is 126 Å². The average molecular weight is 299 g/mol. The van der Waals surface area contributed by atoms with E-state index in [1.54, 1.807) is 12.1 Å². The molecule has 112 valence electrons. The Morgan fingerprint density at radius 1 is 1.35 bits per heavy atom. The second-order valence-electron chi connectivity index (χ2n) is 7.18. The van der Waals surface area contributed by atoms with E-state index in [0.29, 0.717) is 17.0 Å². The van der Waals surface area contributed by atoms with Crippen molar-refractivity contribution in [1.82, 2.24) is 0 Å². The van der Waals surface area contributed by atoms with E-state index >= 15 is 0 Å². The number of aliphatic hydroxyl groups is 1. The van der Waals surface area contributed by atoms with Crippen molar-refractivity contribution >= 4 is 11.6 Å². The van der Waals surface area contributed by atoms with Gasteiger partial charge in [-0.25, -0.2) is 4.39 Å². The fourth-order valence-corrected chi connectivity index (χ4v) is 3.83. The van der Waals surface area contributed by atoms with Gasteiger partial charge in [-0.3, -0.25) is 0 Å². The number of hydrogen-bond donors (Lipinski definition) is 1. The van der Waals surface area contributed by atoms with Crippen LogP contribution in [-0.2, 0) is 6.42 Å². The first kappa shape index (κ1) is 15.8. The van der Waals surface area contributed by atoms with Crippen LogP contribution in [0.4, 0.5) is 4.39 Å². The fourth-order valence-electron chi connectivity index (χ4n) is 3.67. The SMILES string of the molecule is CC(C)(C)C1CCCCC1(O)Cc1ccc(Cl)cc1F. The molecule has 1 aromatic rings. The molecule has 1 nitrogen and oxygen atoms in total. The number of benzene rings is 1. The highest BCUT2D eigenvalue weighted by Gasteiger charge is 2.44. The Hall–Kier alpha value is -0.600. The Morgan fingerprint density at radius 3 is 2.65 bits per heavy atom. The summed E-state index contributed by atoms with van der Waals surface area (Å²) in [4.78, 5) is 0. The monoisotopic (exact) mass is 298 g/mol. The van der Waals surface area contributed by atoms with Gasteiger partial charge < -0.3 is 5.11 Å². The van der Waals surface area contributed by atoms with Gasteiger partial charge in [0.1, 0.15) is 5.82 Å². The van der Waals surface area contributed by atoms with Gasteiger partial charge in [0.2, 0.25) is 0 Å². The smallest absolute Gasteiger partial charge is 0.127 e. The Balaban J connectivity index is 2.28. The van der Waals surface area contributed by atoms with E-state index in [4.69, 9.17) is 11.6 Å². The van der Waals surface area contributed by atoms with Crippen LogP contribution in [0, 0.1) is 17.2 Å². The summed E-state index contributed by atoms with van der Waals surface area (Å²) in [7, 11) is 0. The molecule has 20 heavy (non-hydrogen) atoms. The van der Waals surface area contributed by atoms with Crippen LogP contribution in [0.2, 0.25) is 5.02 Å². The molecule has 0 radical (unpaired) electrons. The summed E-state index contributed by atoms with van der Waals surface area (Å²) >= 11 is 5.79. The van der Waals surface area contributed by atoms with Crippen LogP contribution < -0.4 is 0 Å². The van der Waals surface area contributed by atoms with Crippen LogP contribution in [0.5, 0.6) is 0 Å². The van der Waals surface area contributed by atoms with Crippen LogP contribution in [-0.4, -0.2) is 10.7 Å². The molecular formula is C17H24ClFO.